The van der Waals surface area contributed by atoms with E-state index in [1.807, 2.05) is 0 Å². The lowest BCUT2D eigenvalue weighted by Crippen LogP contribution is -2.16. The van der Waals surface area contributed by atoms with E-state index < -0.39 is 11.7 Å². The molecule has 3 heterocycles. The zero-order chi connectivity index (χ0) is 18.7. The van der Waals surface area contributed by atoms with E-state index in [4.69, 9.17) is 15.4 Å². The molecule has 26 heavy (non-hydrogen) atoms. The van der Waals surface area contributed by atoms with Crippen molar-refractivity contribution < 1.29 is 22.8 Å². The molecule has 0 radical (unpaired) electrons. The molecule has 0 aliphatic rings. The second kappa shape index (κ2) is 6.66. The first kappa shape index (κ1) is 17.1. The summed E-state index contributed by atoms with van der Waals surface area (Å²) < 4.78 is 43.0. The summed E-state index contributed by atoms with van der Waals surface area (Å²) >= 11 is 0. The minimum Gasteiger partial charge on any atom is -0.422 e. The minimum atomic E-state index is -4.46. The van der Waals surface area contributed by atoms with Crippen molar-refractivity contribution in [2.45, 2.75) is 6.18 Å². The fraction of sp³-hybridized carbons (Fsp3) is 0.0714. The summed E-state index contributed by atoms with van der Waals surface area (Å²) in [6.07, 6.45) is 0.255. The topological polar surface area (TPSA) is 135 Å². The van der Waals surface area contributed by atoms with Gasteiger partial charge in [-0.3, -0.25) is 4.98 Å². The first-order valence-corrected chi connectivity index (χ1v) is 6.93. The summed E-state index contributed by atoms with van der Waals surface area (Å²) in [4.78, 5) is 15.4. The Morgan fingerprint density at radius 3 is 2.38 bits per heavy atom. The number of nitrogens with one attached hydrogen (secondary N) is 1. The lowest BCUT2D eigenvalue weighted by Gasteiger charge is -2.05. The van der Waals surface area contributed by atoms with Crippen molar-refractivity contribution in [2.24, 2.45) is 10.9 Å². The van der Waals surface area contributed by atoms with E-state index in [2.05, 4.69) is 30.4 Å². The van der Waals surface area contributed by atoms with Gasteiger partial charge in [-0.15, -0.1) is 0 Å². The standard InChI is InChI=1S/C14H10F3N7O2/c15-14(16,17)7-1-2-9(19-3-7)10-6-22-13(26-10)23-8-4-20-12(21-5-8)11(18)24-25/h1-6,25H,(H2,18,24)(H,22,23). The zero-order valence-electron chi connectivity index (χ0n) is 12.8. The zero-order valence-corrected chi connectivity index (χ0v) is 12.8. The molecule has 3 rings (SSSR count). The van der Waals surface area contributed by atoms with Crippen LogP contribution in [0.5, 0.6) is 0 Å². The van der Waals surface area contributed by atoms with Gasteiger partial charge < -0.3 is 20.7 Å². The van der Waals surface area contributed by atoms with Crippen molar-refractivity contribution in [3.05, 3.63) is 48.3 Å². The van der Waals surface area contributed by atoms with E-state index in [9.17, 15) is 13.2 Å². The van der Waals surface area contributed by atoms with Crippen LogP contribution in [0, 0.1) is 0 Å². The summed E-state index contributed by atoms with van der Waals surface area (Å²) in [6.45, 7) is 0. The van der Waals surface area contributed by atoms with Crippen molar-refractivity contribution in [3.8, 4) is 11.5 Å². The Morgan fingerprint density at radius 2 is 1.81 bits per heavy atom. The van der Waals surface area contributed by atoms with Gasteiger partial charge in [0.2, 0.25) is 5.84 Å². The van der Waals surface area contributed by atoms with Crippen molar-refractivity contribution in [1.29, 1.82) is 0 Å². The first-order valence-electron chi connectivity index (χ1n) is 6.93. The van der Waals surface area contributed by atoms with Crippen LogP contribution in [0.25, 0.3) is 11.5 Å². The van der Waals surface area contributed by atoms with Gasteiger partial charge in [-0.2, -0.15) is 13.2 Å². The maximum absolute atomic E-state index is 12.5. The average Bonchev–Trinajstić information content (AvgIpc) is 3.09. The molecule has 0 fully saturated rings. The number of pyridine rings is 1. The highest BCUT2D eigenvalue weighted by Gasteiger charge is 2.30. The number of oxazole rings is 1. The number of amidine groups is 1. The Kier molecular flexibility index (Phi) is 4.39. The van der Waals surface area contributed by atoms with Crippen LogP contribution in [0.4, 0.5) is 24.9 Å². The van der Waals surface area contributed by atoms with E-state index in [0.29, 0.717) is 11.9 Å². The fourth-order valence-corrected chi connectivity index (χ4v) is 1.85. The molecule has 0 aliphatic carbocycles. The maximum Gasteiger partial charge on any atom is 0.417 e. The predicted molar refractivity (Wildman–Crippen MR) is 82.6 cm³/mol. The first-order chi connectivity index (χ1) is 12.4. The number of nitrogens with two attached hydrogens (primary N) is 1. The molecule has 0 bridgehead atoms. The molecule has 0 aliphatic heterocycles. The Morgan fingerprint density at radius 1 is 1.08 bits per heavy atom. The molecule has 0 unspecified atom stereocenters. The average molecular weight is 365 g/mol. The van der Waals surface area contributed by atoms with Crippen LogP contribution in [0.3, 0.4) is 0 Å². The SMILES string of the molecule is N/C(=N\O)c1ncc(Nc2ncc(-c3ccc(C(F)(F)F)cn3)o2)cn1. The number of anilines is 2. The third-order valence-corrected chi connectivity index (χ3v) is 3.09. The quantitative estimate of drug-likeness (QED) is 0.277. The molecule has 3 aromatic heterocycles. The Balaban J connectivity index is 1.74. The number of hydrogen-bond donors (Lipinski definition) is 3. The van der Waals surface area contributed by atoms with Crippen molar-refractivity contribution in [2.75, 3.05) is 5.32 Å². The van der Waals surface area contributed by atoms with E-state index in [1.165, 1.54) is 24.7 Å². The van der Waals surface area contributed by atoms with E-state index in [1.54, 1.807) is 0 Å². The maximum atomic E-state index is 12.5. The summed E-state index contributed by atoms with van der Waals surface area (Å²) in [6, 6.07) is 2.14. The highest BCUT2D eigenvalue weighted by atomic mass is 19.4. The largest absolute Gasteiger partial charge is 0.422 e. The Bertz CT molecular complexity index is 921. The molecule has 0 spiro atoms. The van der Waals surface area contributed by atoms with Gasteiger partial charge in [0.25, 0.3) is 6.01 Å². The predicted octanol–water partition coefficient (Wildman–Crippen LogP) is 2.38. The number of alkyl halides is 3. The van der Waals surface area contributed by atoms with Gasteiger partial charge in [-0.1, -0.05) is 5.16 Å². The number of nitrogens with zero attached hydrogens (tertiary/aromatic N) is 5. The van der Waals surface area contributed by atoms with Crippen molar-refractivity contribution >= 4 is 17.5 Å². The molecular formula is C14H10F3N7O2. The smallest absolute Gasteiger partial charge is 0.417 e. The molecule has 4 N–H and O–H groups in total. The molecule has 3 aromatic rings. The number of rotatable bonds is 4. The lowest BCUT2D eigenvalue weighted by molar-refractivity contribution is -0.137. The number of aromatic nitrogens is 4. The van der Waals surface area contributed by atoms with Gasteiger partial charge in [-0.25, -0.2) is 15.0 Å². The monoisotopic (exact) mass is 365 g/mol. The second-order valence-electron chi connectivity index (χ2n) is 4.87. The van der Waals surface area contributed by atoms with Crippen LogP contribution in [0.1, 0.15) is 11.4 Å². The van der Waals surface area contributed by atoms with E-state index in [-0.39, 0.29) is 29.1 Å². The van der Waals surface area contributed by atoms with Gasteiger partial charge >= 0.3 is 6.18 Å². The molecule has 0 amide bonds. The Hall–Kier alpha value is -3.70. The summed E-state index contributed by atoms with van der Waals surface area (Å²) in [5, 5.41) is 14.1. The molecule has 134 valence electrons. The van der Waals surface area contributed by atoms with Gasteiger partial charge in [0, 0.05) is 6.20 Å². The number of hydrogen-bond acceptors (Lipinski definition) is 8. The normalized spacial score (nSPS) is 12.2. The summed E-state index contributed by atoms with van der Waals surface area (Å²) in [7, 11) is 0. The van der Waals surface area contributed by atoms with Gasteiger partial charge in [0.1, 0.15) is 5.69 Å². The molecule has 0 saturated heterocycles. The summed E-state index contributed by atoms with van der Waals surface area (Å²) in [5.41, 5.74) is 5.08. The van der Waals surface area contributed by atoms with Gasteiger partial charge in [0.05, 0.1) is 29.8 Å². The minimum absolute atomic E-state index is 0.0279. The second-order valence-corrected chi connectivity index (χ2v) is 4.87. The van der Waals surface area contributed by atoms with Crippen LogP contribution < -0.4 is 11.1 Å². The molecule has 0 aromatic carbocycles. The van der Waals surface area contributed by atoms with Crippen LogP contribution in [-0.4, -0.2) is 31.0 Å². The van der Waals surface area contributed by atoms with Crippen molar-refractivity contribution in [3.63, 3.8) is 0 Å². The molecular weight excluding hydrogens is 355 g/mol. The van der Waals surface area contributed by atoms with Gasteiger partial charge in [0.15, 0.2) is 11.6 Å². The number of halogens is 3. The number of oxime groups is 1. The molecule has 0 atom stereocenters. The van der Waals surface area contributed by atoms with E-state index >= 15 is 0 Å². The summed E-state index contributed by atoms with van der Waals surface area (Å²) in [5.74, 6) is -0.0427. The Labute approximate surface area is 143 Å². The van der Waals surface area contributed by atoms with E-state index in [0.717, 1.165) is 6.07 Å². The van der Waals surface area contributed by atoms with Crippen molar-refractivity contribution in [1.82, 2.24) is 19.9 Å². The third-order valence-electron chi connectivity index (χ3n) is 3.09. The molecule has 12 heteroatoms. The molecule has 9 nitrogen and oxygen atoms in total. The van der Waals surface area contributed by atoms with Crippen LogP contribution in [-0.2, 0) is 6.18 Å². The fourth-order valence-electron chi connectivity index (χ4n) is 1.85. The van der Waals surface area contributed by atoms with Crippen LogP contribution in [0.15, 0.2) is 46.5 Å². The lowest BCUT2D eigenvalue weighted by atomic mass is 10.2. The molecule has 0 saturated carbocycles. The van der Waals surface area contributed by atoms with Crippen LogP contribution in [0.2, 0.25) is 0 Å². The highest BCUT2D eigenvalue weighted by molar-refractivity contribution is 5.93. The van der Waals surface area contributed by atoms with Crippen LogP contribution >= 0.6 is 0 Å². The third kappa shape index (κ3) is 3.68. The van der Waals surface area contributed by atoms with Gasteiger partial charge in [-0.05, 0) is 12.1 Å². The highest BCUT2D eigenvalue weighted by Crippen LogP contribution is 2.30.